The van der Waals surface area contributed by atoms with E-state index >= 15 is 0 Å². The van der Waals surface area contributed by atoms with Crippen LogP contribution >= 0.6 is 15.9 Å². The fourth-order valence-electron chi connectivity index (χ4n) is 1.72. The third-order valence-corrected chi connectivity index (χ3v) is 3.09. The molecule has 18 heavy (non-hydrogen) atoms. The van der Waals surface area contributed by atoms with Crippen LogP contribution in [0.15, 0.2) is 28.9 Å². The first kappa shape index (κ1) is 13.3. The fourth-order valence-corrected chi connectivity index (χ4v) is 2.08. The highest BCUT2D eigenvalue weighted by Gasteiger charge is 2.04. The summed E-state index contributed by atoms with van der Waals surface area (Å²) >= 11 is 3.46. The first-order chi connectivity index (χ1) is 8.66. The lowest BCUT2D eigenvalue weighted by Crippen LogP contribution is -2.15. The Balaban J connectivity index is 2.10. The van der Waals surface area contributed by atoms with E-state index in [4.69, 9.17) is 4.74 Å². The minimum absolute atomic E-state index is 0.695. The molecule has 0 N–H and O–H groups in total. The maximum Gasteiger partial charge on any atom is 0.138 e. The van der Waals surface area contributed by atoms with E-state index in [-0.39, 0.29) is 0 Å². The van der Waals surface area contributed by atoms with Gasteiger partial charge in [0, 0.05) is 28.7 Å². The van der Waals surface area contributed by atoms with Crippen LogP contribution < -0.4 is 4.74 Å². The average Bonchev–Trinajstić information content (AvgIpc) is 2.34. The van der Waals surface area contributed by atoms with Crippen molar-refractivity contribution in [2.45, 2.75) is 6.42 Å². The number of nitrogens with zero attached hydrogens (tertiary/aromatic N) is 2. The molecule has 0 bridgehead atoms. The lowest BCUT2D eigenvalue weighted by atomic mass is 10.2. The molecule has 1 heterocycles. The fraction of sp³-hybridized carbons (Fsp3) is 0.357. The molecule has 4 heteroatoms. The van der Waals surface area contributed by atoms with Crippen LogP contribution in [0.2, 0.25) is 0 Å². The van der Waals surface area contributed by atoms with Crippen molar-refractivity contribution in [3.63, 3.8) is 0 Å². The van der Waals surface area contributed by atoms with E-state index in [0.717, 1.165) is 34.1 Å². The van der Waals surface area contributed by atoms with Gasteiger partial charge in [-0.15, -0.1) is 0 Å². The zero-order valence-electron chi connectivity index (χ0n) is 10.6. The third kappa shape index (κ3) is 3.43. The number of fused-ring (bicyclic) bond motifs is 1. The number of pyridine rings is 1. The van der Waals surface area contributed by atoms with Crippen LogP contribution in [-0.4, -0.2) is 37.1 Å². The van der Waals surface area contributed by atoms with Crippen molar-refractivity contribution in [2.24, 2.45) is 0 Å². The highest BCUT2D eigenvalue weighted by molar-refractivity contribution is 9.10. The van der Waals surface area contributed by atoms with Crippen molar-refractivity contribution in [2.75, 3.05) is 27.2 Å². The van der Waals surface area contributed by atoms with Crippen LogP contribution in [0.25, 0.3) is 10.9 Å². The molecule has 0 aliphatic heterocycles. The molecule has 1 radical (unpaired) electrons. The topological polar surface area (TPSA) is 25.4 Å². The van der Waals surface area contributed by atoms with Gasteiger partial charge in [0.25, 0.3) is 0 Å². The van der Waals surface area contributed by atoms with E-state index in [1.807, 2.05) is 18.2 Å². The quantitative estimate of drug-likeness (QED) is 0.794. The molecule has 95 valence electrons. The minimum atomic E-state index is 0.695. The smallest absolute Gasteiger partial charge is 0.138 e. The molecule has 2 rings (SSSR count). The van der Waals surface area contributed by atoms with Gasteiger partial charge < -0.3 is 9.64 Å². The summed E-state index contributed by atoms with van der Waals surface area (Å²) in [6, 6.07) is 9.02. The molecule has 3 nitrogen and oxygen atoms in total. The number of hydrogen-bond donors (Lipinski definition) is 0. The van der Waals surface area contributed by atoms with Crippen molar-refractivity contribution in [1.82, 2.24) is 9.88 Å². The van der Waals surface area contributed by atoms with Crippen LogP contribution in [0.3, 0.4) is 0 Å². The standard InChI is InChI=1S/C14H16BrN2O/c1-17(2)8-3-9-18-14-6-7-16-13-5-4-11(15)10-12(13)14/h4-5,7,10H,3,8-9H2,1-2H3. The Bertz CT molecular complexity index is 528. The van der Waals surface area contributed by atoms with Gasteiger partial charge in [0.1, 0.15) is 5.75 Å². The predicted octanol–water partition coefficient (Wildman–Crippen LogP) is 3.13. The van der Waals surface area contributed by atoms with E-state index in [2.05, 4.69) is 46.0 Å². The molecule has 2 aromatic rings. The Kier molecular flexibility index (Phi) is 4.55. The Morgan fingerprint density at radius 3 is 3.00 bits per heavy atom. The number of ether oxygens (including phenoxy) is 1. The number of benzene rings is 1. The van der Waals surface area contributed by atoms with E-state index < -0.39 is 0 Å². The number of aromatic nitrogens is 1. The molecular weight excluding hydrogens is 292 g/mol. The largest absolute Gasteiger partial charge is 0.492 e. The Hall–Kier alpha value is -1.13. The zero-order valence-corrected chi connectivity index (χ0v) is 12.2. The second-order valence-corrected chi connectivity index (χ2v) is 5.31. The number of rotatable bonds is 5. The van der Waals surface area contributed by atoms with Crippen molar-refractivity contribution in [1.29, 1.82) is 0 Å². The summed E-state index contributed by atoms with van der Waals surface area (Å²) in [5.74, 6) is 0.778. The Morgan fingerprint density at radius 2 is 2.22 bits per heavy atom. The molecule has 0 amide bonds. The van der Waals surface area contributed by atoms with Crippen LogP contribution in [0.5, 0.6) is 5.75 Å². The van der Waals surface area contributed by atoms with Crippen LogP contribution in [0.4, 0.5) is 0 Å². The van der Waals surface area contributed by atoms with Crippen LogP contribution in [0.1, 0.15) is 6.42 Å². The second kappa shape index (κ2) is 6.16. The molecule has 0 saturated heterocycles. The van der Waals surface area contributed by atoms with Gasteiger partial charge in [-0.2, -0.15) is 0 Å². The molecular formula is C14H16BrN2O. The lowest BCUT2D eigenvalue weighted by molar-refractivity contribution is 0.283. The lowest BCUT2D eigenvalue weighted by Gasteiger charge is -2.11. The van der Waals surface area contributed by atoms with Crippen molar-refractivity contribution < 1.29 is 4.74 Å². The van der Waals surface area contributed by atoms with E-state index in [9.17, 15) is 0 Å². The van der Waals surface area contributed by atoms with Crippen molar-refractivity contribution in [3.05, 3.63) is 34.9 Å². The highest BCUT2D eigenvalue weighted by Crippen LogP contribution is 2.26. The summed E-state index contributed by atoms with van der Waals surface area (Å²) < 4.78 is 6.80. The summed E-state index contributed by atoms with van der Waals surface area (Å²) in [7, 11) is 4.12. The third-order valence-electron chi connectivity index (χ3n) is 2.60. The summed E-state index contributed by atoms with van der Waals surface area (Å²) in [6.07, 6.45) is 2.66. The molecule has 0 aliphatic carbocycles. The molecule has 0 fully saturated rings. The van der Waals surface area contributed by atoms with Gasteiger partial charge >= 0.3 is 0 Å². The van der Waals surface area contributed by atoms with Crippen LogP contribution in [0, 0.1) is 6.07 Å². The maximum absolute atomic E-state index is 5.78. The molecule has 1 aromatic carbocycles. The van der Waals surface area contributed by atoms with Gasteiger partial charge in [-0.1, -0.05) is 15.9 Å². The summed E-state index contributed by atoms with van der Waals surface area (Å²) in [5.41, 5.74) is 0.930. The van der Waals surface area contributed by atoms with E-state index in [1.54, 1.807) is 6.20 Å². The van der Waals surface area contributed by atoms with Gasteiger partial charge in [0.15, 0.2) is 0 Å². The predicted molar refractivity (Wildman–Crippen MR) is 76.9 cm³/mol. The average molecular weight is 308 g/mol. The van der Waals surface area contributed by atoms with Gasteiger partial charge in [0.05, 0.1) is 12.1 Å². The monoisotopic (exact) mass is 307 g/mol. The molecule has 0 spiro atoms. The minimum Gasteiger partial charge on any atom is -0.492 e. The van der Waals surface area contributed by atoms with Gasteiger partial charge in [-0.3, -0.25) is 4.98 Å². The SMILES string of the molecule is CN(C)CCCOc1[c]cnc2ccc(Br)cc12. The molecule has 0 saturated carbocycles. The summed E-state index contributed by atoms with van der Waals surface area (Å²) in [5, 5.41) is 0.997. The first-order valence-electron chi connectivity index (χ1n) is 5.90. The van der Waals surface area contributed by atoms with Crippen LogP contribution in [-0.2, 0) is 0 Å². The van der Waals surface area contributed by atoms with E-state index in [1.165, 1.54) is 0 Å². The summed E-state index contributed by atoms with van der Waals surface area (Å²) in [6.45, 7) is 1.72. The van der Waals surface area contributed by atoms with Gasteiger partial charge in [0.2, 0.25) is 0 Å². The second-order valence-electron chi connectivity index (χ2n) is 4.40. The first-order valence-corrected chi connectivity index (χ1v) is 6.69. The highest BCUT2D eigenvalue weighted by atomic mass is 79.9. The van der Waals surface area contributed by atoms with Crippen molar-refractivity contribution >= 4 is 26.8 Å². The zero-order chi connectivity index (χ0) is 13.0. The number of halogens is 1. The molecule has 0 aliphatic rings. The maximum atomic E-state index is 5.78. The van der Waals surface area contributed by atoms with Crippen molar-refractivity contribution in [3.8, 4) is 5.75 Å². The molecule has 1 aromatic heterocycles. The Morgan fingerprint density at radius 1 is 1.39 bits per heavy atom. The molecule has 0 atom stereocenters. The summed E-state index contributed by atoms with van der Waals surface area (Å²) in [4.78, 5) is 6.42. The van der Waals surface area contributed by atoms with Gasteiger partial charge in [-0.25, -0.2) is 0 Å². The normalized spacial score (nSPS) is 11.1. The number of hydrogen-bond acceptors (Lipinski definition) is 3. The Labute approximate surface area is 116 Å². The van der Waals surface area contributed by atoms with E-state index in [0.29, 0.717) is 6.61 Å². The molecule has 0 unspecified atom stereocenters. The van der Waals surface area contributed by atoms with Gasteiger partial charge in [-0.05, 0) is 38.7 Å².